The Morgan fingerprint density at radius 3 is 2.50 bits per heavy atom. The topological polar surface area (TPSA) is 91.2 Å². The Bertz CT molecular complexity index is 1140. The van der Waals surface area contributed by atoms with Gasteiger partial charge in [-0.2, -0.15) is 15.5 Å². The third kappa shape index (κ3) is 3.17. The van der Waals surface area contributed by atoms with Gasteiger partial charge in [0.1, 0.15) is 34.7 Å². The van der Waals surface area contributed by atoms with Crippen LogP contribution in [0.15, 0.2) is 53.0 Å². The summed E-state index contributed by atoms with van der Waals surface area (Å²) < 4.78 is 7.18. The minimum Gasteiger partial charge on any atom is -0.438 e. The molecule has 0 bridgehead atoms. The molecule has 3 rings (SSSR count). The van der Waals surface area contributed by atoms with Gasteiger partial charge >= 0.3 is 0 Å². The molecule has 3 aromatic rings. The van der Waals surface area contributed by atoms with Crippen LogP contribution < -0.4 is 10.3 Å². The summed E-state index contributed by atoms with van der Waals surface area (Å²) in [5.74, 6) is 0.557. The van der Waals surface area contributed by atoms with Gasteiger partial charge < -0.3 is 4.74 Å². The Kier molecular flexibility index (Phi) is 4.51. The van der Waals surface area contributed by atoms with E-state index in [9.17, 15) is 4.79 Å². The molecular weight excluding hydrogens is 328 g/mol. The molecule has 0 radical (unpaired) electrons. The van der Waals surface area contributed by atoms with E-state index in [1.54, 1.807) is 36.5 Å². The van der Waals surface area contributed by atoms with Crippen LogP contribution in [0.4, 0.5) is 0 Å². The highest BCUT2D eigenvalue weighted by molar-refractivity contribution is 5.66. The Labute approximate surface area is 149 Å². The Morgan fingerprint density at radius 2 is 1.85 bits per heavy atom. The number of rotatable bonds is 3. The highest BCUT2D eigenvalue weighted by Gasteiger charge is 2.15. The predicted octanol–water partition coefficient (Wildman–Crippen LogP) is 3.53. The SMILES string of the molecule is Cc1ccc(Oc2nc3c(C)cccn3c(=O)c2C=C(C#N)C#N)cc1. The number of pyridine rings is 1. The number of hydrogen-bond donors (Lipinski definition) is 0. The second kappa shape index (κ2) is 6.92. The molecule has 1 aromatic carbocycles. The van der Waals surface area contributed by atoms with E-state index in [2.05, 4.69) is 4.98 Å². The first-order valence-corrected chi connectivity index (χ1v) is 7.82. The zero-order chi connectivity index (χ0) is 18.7. The van der Waals surface area contributed by atoms with E-state index in [1.807, 2.05) is 32.0 Å². The lowest BCUT2D eigenvalue weighted by Gasteiger charge is -2.11. The van der Waals surface area contributed by atoms with Gasteiger partial charge in [0.05, 0.1) is 0 Å². The second-order valence-corrected chi connectivity index (χ2v) is 5.72. The summed E-state index contributed by atoms with van der Waals surface area (Å²) in [5, 5.41) is 18.1. The molecule has 0 spiro atoms. The number of ether oxygens (including phenoxy) is 1. The fourth-order valence-electron chi connectivity index (χ4n) is 2.45. The van der Waals surface area contributed by atoms with Crippen molar-refractivity contribution < 1.29 is 4.74 Å². The van der Waals surface area contributed by atoms with Crippen molar-refractivity contribution in [1.82, 2.24) is 9.38 Å². The van der Waals surface area contributed by atoms with Gasteiger partial charge in [0.15, 0.2) is 0 Å². The lowest BCUT2D eigenvalue weighted by Crippen LogP contribution is -2.19. The standard InChI is InChI=1S/C20H14N4O2/c1-13-5-7-16(8-6-13)26-19-17(10-15(11-21)12-22)20(25)24-9-3-4-14(2)18(24)23-19/h3-10H,1-2H3. The molecule has 2 aromatic heterocycles. The lowest BCUT2D eigenvalue weighted by atomic mass is 10.2. The molecule has 0 saturated carbocycles. The average Bonchev–Trinajstić information content (AvgIpc) is 2.64. The molecule has 0 aliphatic rings. The zero-order valence-corrected chi connectivity index (χ0v) is 14.2. The Hall–Kier alpha value is -3.90. The highest BCUT2D eigenvalue weighted by Crippen LogP contribution is 2.24. The molecule has 0 unspecified atom stereocenters. The third-order valence-electron chi connectivity index (χ3n) is 3.81. The van der Waals surface area contributed by atoms with Crippen molar-refractivity contribution in [3.05, 3.63) is 75.2 Å². The van der Waals surface area contributed by atoms with Gasteiger partial charge in [-0.05, 0) is 43.7 Å². The Balaban J connectivity index is 2.28. The van der Waals surface area contributed by atoms with Gasteiger partial charge in [-0.25, -0.2) is 0 Å². The van der Waals surface area contributed by atoms with Crippen LogP contribution in [0.25, 0.3) is 11.7 Å². The zero-order valence-electron chi connectivity index (χ0n) is 14.2. The first-order chi connectivity index (χ1) is 12.5. The van der Waals surface area contributed by atoms with Crippen LogP contribution in [0.2, 0.25) is 0 Å². The molecule has 0 N–H and O–H groups in total. The van der Waals surface area contributed by atoms with Crippen LogP contribution in [0.5, 0.6) is 11.6 Å². The minimum absolute atomic E-state index is 0.0479. The van der Waals surface area contributed by atoms with Crippen molar-refractivity contribution in [2.75, 3.05) is 0 Å². The van der Waals surface area contributed by atoms with E-state index >= 15 is 0 Å². The number of nitrogens with zero attached hydrogens (tertiary/aromatic N) is 4. The van der Waals surface area contributed by atoms with E-state index in [1.165, 1.54) is 10.5 Å². The van der Waals surface area contributed by atoms with E-state index in [-0.39, 0.29) is 17.0 Å². The van der Waals surface area contributed by atoms with Gasteiger partial charge in [-0.15, -0.1) is 0 Å². The minimum atomic E-state index is -0.413. The molecule has 126 valence electrons. The summed E-state index contributed by atoms with van der Waals surface area (Å²) in [4.78, 5) is 17.3. The molecule has 0 fully saturated rings. The number of benzene rings is 1. The largest absolute Gasteiger partial charge is 0.438 e. The van der Waals surface area contributed by atoms with Gasteiger partial charge in [-0.3, -0.25) is 9.20 Å². The lowest BCUT2D eigenvalue weighted by molar-refractivity contribution is 0.460. The molecule has 0 amide bonds. The van der Waals surface area contributed by atoms with E-state index in [0.29, 0.717) is 11.4 Å². The van der Waals surface area contributed by atoms with Crippen LogP contribution in [-0.2, 0) is 0 Å². The summed E-state index contributed by atoms with van der Waals surface area (Å²) >= 11 is 0. The second-order valence-electron chi connectivity index (χ2n) is 5.72. The molecular formula is C20H14N4O2. The van der Waals surface area contributed by atoms with Crippen LogP contribution >= 0.6 is 0 Å². The first kappa shape index (κ1) is 16.9. The monoisotopic (exact) mass is 342 g/mol. The van der Waals surface area contributed by atoms with Gasteiger partial charge in [0, 0.05) is 6.20 Å². The van der Waals surface area contributed by atoms with Crippen molar-refractivity contribution in [2.45, 2.75) is 13.8 Å². The predicted molar refractivity (Wildman–Crippen MR) is 96.7 cm³/mol. The maximum Gasteiger partial charge on any atom is 0.269 e. The van der Waals surface area contributed by atoms with E-state index < -0.39 is 5.56 Å². The number of fused-ring (bicyclic) bond motifs is 1. The number of allylic oxidation sites excluding steroid dienone is 1. The highest BCUT2D eigenvalue weighted by atomic mass is 16.5. The number of aromatic nitrogens is 2. The Morgan fingerprint density at radius 1 is 1.15 bits per heavy atom. The molecule has 2 heterocycles. The molecule has 0 atom stereocenters. The first-order valence-electron chi connectivity index (χ1n) is 7.82. The summed E-state index contributed by atoms with van der Waals surface area (Å²) in [5.41, 5.74) is 1.75. The van der Waals surface area contributed by atoms with Crippen LogP contribution in [0, 0.1) is 36.5 Å². The van der Waals surface area contributed by atoms with E-state index in [0.717, 1.165) is 11.1 Å². The third-order valence-corrected chi connectivity index (χ3v) is 3.81. The molecule has 0 saturated heterocycles. The maximum atomic E-state index is 12.9. The molecule has 6 nitrogen and oxygen atoms in total. The summed E-state index contributed by atoms with van der Waals surface area (Å²) in [6, 6.07) is 14.4. The van der Waals surface area contributed by atoms with Crippen molar-refractivity contribution in [1.29, 1.82) is 10.5 Å². The van der Waals surface area contributed by atoms with E-state index in [4.69, 9.17) is 15.3 Å². The number of aryl methyl sites for hydroxylation is 2. The fourth-order valence-corrected chi connectivity index (χ4v) is 2.45. The molecule has 0 aliphatic carbocycles. The van der Waals surface area contributed by atoms with Crippen LogP contribution in [-0.4, -0.2) is 9.38 Å². The van der Waals surface area contributed by atoms with Crippen LogP contribution in [0.3, 0.4) is 0 Å². The maximum absolute atomic E-state index is 12.9. The average molecular weight is 342 g/mol. The molecule has 0 aliphatic heterocycles. The summed E-state index contributed by atoms with van der Waals surface area (Å²) in [6.45, 7) is 3.79. The van der Waals surface area contributed by atoms with Crippen LogP contribution in [0.1, 0.15) is 16.7 Å². The summed E-state index contributed by atoms with van der Waals surface area (Å²) in [6.07, 6.45) is 2.79. The van der Waals surface area contributed by atoms with Crippen molar-refractivity contribution in [2.24, 2.45) is 0 Å². The molecule has 6 heteroatoms. The van der Waals surface area contributed by atoms with Gasteiger partial charge in [0.2, 0.25) is 5.88 Å². The normalized spacial score (nSPS) is 10.0. The van der Waals surface area contributed by atoms with Crippen molar-refractivity contribution in [3.63, 3.8) is 0 Å². The van der Waals surface area contributed by atoms with Crippen molar-refractivity contribution >= 4 is 11.7 Å². The number of nitriles is 2. The van der Waals surface area contributed by atoms with Gasteiger partial charge in [-0.1, -0.05) is 23.8 Å². The smallest absolute Gasteiger partial charge is 0.269 e. The number of hydrogen-bond acceptors (Lipinski definition) is 5. The van der Waals surface area contributed by atoms with Gasteiger partial charge in [0.25, 0.3) is 5.56 Å². The van der Waals surface area contributed by atoms with Crippen molar-refractivity contribution in [3.8, 4) is 23.8 Å². The molecule has 26 heavy (non-hydrogen) atoms. The fraction of sp³-hybridized carbons (Fsp3) is 0.100. The quantitative estimate of drug-likeness (QED) is 0.679. The summed E-state index contributed by atoms with van der Waals surface area (Å²) in [7, 11) is 0.